The molecular weight excluding hydrogens is 322 g/mol. The Balaban J connectivity index is 1.65. The van der Waals surface area contributed by atoms with Crippen LogP contribution in [0.25, 0.3) is 21.3 Å². The van der Waals surface area contributed by atoms with Crippen molar-refractivity contribution in [3.8, 4) is 11.1 Å². The maximum Gasteiger partial charge on any atom is 0.225 e. The van der Waals surface area contributed by atoms with Crippen molar-refractivity contribution in [2.75, 3.05) is 18.5 Å². The van der Waals surface area contributed by atoms with Gasteiger partial charge in [0, 0.05) is 30.6 Å². The molecule has 1 unspecified atom stereocenters. The summed E-state index contributed by atoms with van der Waals surface area (Å²) in [5.74, 6) is 0.873. The molecule has 1 aliphatic heterocycles. The minimum atomic E-state index is -0.0179. The Morgan fingerprint density at radius 3 is 2.96 bits per heavy atom. The summed E-state index contributed by atoms with van der Waals surface area (Å²) in [4.78, 5) is 21.9. The summed E-state index contributed by atoms with van der Waals surface area (Å²) < 4.78 is 5.34. The standard InChI is InChI=1S/C18H17N3O2S/c22-15(8-12-6-7-23-9-12)21-17-16-14(13-4-2-1-3-5-13)10-24-18(16)20-11-19-17/h1-5,10-12H,6-9H2,(H,19,20,21,22). The first-order valence-corrected chi connectivity index (χ1v) is 8.84. The molecule has 2 aromatic heterocycles. The maximum absolute atomic E-state index is 12.4. The molecule has 0 radical (unpaired) electrons. The van der Waals surface area contributed by atoms with Gasteiger partial charge in [0.05, 0.1) is 5.39 Å². The molecule has 0 saturated carbocycles. The molecule has 24 heavy (non-hydrogen) atoms. The van der Waals surface area contributed by atoms with E-state index in [4.69, 9.17) is 4.74 Å². The zero-order valence-corrected chi connectivity index (χ0v) is 13.9. The van der Waals surface area contributed by atoms with Crippen molar-refractivity contribution in [3.63, 3.8) is 0 Å². The van der Waals surface area contributed by atoms with Gasteiger partial charge in [-0.2, -0.15) is 0 Å². The maximum atomic E-state index is 12.4. The van der Waals surface area contributed by atoms with Crippen LogP contribution in [0.1, 0.15) is 12.8 Å². The van der Waals surface area contributed by atoms with Gasteiger partial charge >= 0.3 is 0 Å². The van der Waals surface area contributed by atoms with Crippen LogP contribution in [-0.2, 0) is 9.53 Å². The fourth-order valence-corrected chi connectivity index (χ4v) is 3.91. The third-order valence-electron chi connectivity index (χ3n) is 4.21. The van der Waals surface area contributed by atoms with Crippen molar-refractivity contribution >= 4 is 33.3 Å². The molecule has 3 heterocycles. The molecule has 5 nitrogen and oxygen atoms in total. The number of rotatable bonds is 4. The highest BCUT2D eigenvalue weighted by Gasteiger charge is 2.21. The Kier molecular flexibility index (Phi) is 4.23. The Morgan fingerprint density at radius 2 is 2.17 bits per heavy atom. The normalized spacial score (nSPS) is 17.2. The molecule has 1 saturated heterocycles. The molecule has 122 valence electrons. The van der Waals surface area contributed by atoms with Crippen molar-refractivity contribution in [1.82, 2.24) is 9.97 Å². The van der Waals surface area contributed by atoms with Crippen LogP contribution in [0.15, 0.2) is 42.0 Å². The summed E-state index contributed by atoms with van der Waals surface area (Å²) in [6, 6.07) is 10.1. The van der Waals surface area contributed by atoms with E-state index in [2.05, 4.69) is 32.8 Å². The predicted molar refractivity (Wildman–Crippen MR) is 95.0 cm³/mol. The van der Waals surface area contributed by atoms with Gasteiger partial charge in [-0.3, -0.25) is 4.79 Å². The van der Waals surface area contributed by atoms with Crippen LogP contribution in [-0.4, -0.2) is 29.1 Å². The topological polar surface area (TPSA) is 64.1 Å². The number of nitrogens with zero attached hydrogens (tertiary/aromatic N) is 2. The largest absolute Gasteiger partial charge is 0.381 e. The summed E-state index contributed by atoms with van der Waals surface area (Å²) in [7, 11) is 0. The van der Waals surface area contributed by atoms with Crippen molar-refractivity contribution in [2.45, 2.75) is 12.8 Å². The van der Waals surface area contributed by atoms with Crippen LogP contribution in [0.4, 0.5) is 5.82 Å². The van der Waals surface area contributed by atoms with Crippen molar-refractivity contribution < 1.29 is 9.53 Å². The Hall–Kier alpha value is -2.31. The highest BCUT2D eigenvalue weighted by Crippen LogP contribution is 2.36. The first-order valence-electron chi connectivity index (χ1n) is 7.96. The average Bonchev–Trinajstić information content (AvgIpc) is 3.25. The number of aromatic nitrogens is 2. The van der Waals surface area contributed by atoms with Gasteiger partial charge in [-0.25, -0.2) is 9.97 Å². The Morgan fingerprint density at radius 1 is 1.29 bits per heavy atom. The van der Waals surface area contributed by atoms with E-state index in [0.29, 0.717) is 24.8 Å². The molecule has 6 heteroatoms. The minimum Gasteiger partial charge on any atom is -0.381 e. The van der Waals surface area contributed by atoms with Crippen molar-refractivity contribution in [3.05, 3.63) is 42.0 Å². The van der Waals surface area contributed by atoms with Crippen molar-refractivity contribution in [2.24, 2.45) is 5.92 Å². The number of fused-ring (bicyclic) bond motifs is 1. The van der Waals surface area contributed by atoms with E-state index in [1.54, 1.807) is 11.3 Å². The zero-order valence-electron chi connectivity index (χ0n) is 13.1. The second-order valence-electron chi connectivity index (χ2n) is 5.90. The van der Waals surface area contributed by atoms with Crippen LogP contribution in [0.5, 0.6) is 0 Å². The van der Waals surface area contributed by atoms with Crippen LogP contribution in [0, 0.1) is 5.92 Å². The number of ether oxygens (including phenoxy) is 1. The SMILES string of the molecule is O=C(CC1CCOC1)Nc1ncnc2scc(-c3ccccc3)c12. The third-order valence-corrected chi connectivity index (χ3v) is 5.10. The van der Waals surface area contributed by atoms with Crippen LogP contribution in [0.2, 0.25) is 0 Å². The number of anilines is 1. The van der Waals surface area contributed by atoms with E-state index < -0.39 is 0 Å². The highest BCUT2D eigenvalue weighted by atomic mass is 32.1. The summed E-state index contributed by atoms with van der Waals surface area (Å²) in [6.45, 7) is 1.42. The van der Waals surface area contributed by atoms with Crippen LogP contribution < -0.4 is 5.32 Å². The molecule has 0 bridgehead atoms. The lowest BCUT2D eigenvalue weighted by Crippen LogP contribution is -2.17. The number of nitrogens with one attached hydrogen (secondary N) is 1. The first-order chi connectivity index (χ1) is 11.8. The minimum absolute atomic E-state index is 0.0179. The Labute approximate surface area is 143 Å². The summed E-state index contributed by atoms with van der Waals surface area (Å²) in [5, 5.41) is 5.94. The first kappa shape index (κ1) is 15.2. The number of amides is 1. The van der Waals surface area contributed by atoms with Gasteiger partial charge in [0.2, 0.25) is 5.91 Å². The van der Waals surface area contributed by atoms with Crippen LogP contribution >= 0.6 is 11.3 Å². The van der Waals surface area contributed by atoms with E-state index in [9.17, 15) is 4.79 Å². The smallest absolute Gasteiger partial charge is 0.225 e. The number of thiophene rings is 1. The molecule has 1 aromatic carbocycles. The van der Waals surface area contributed by atoms with Gasteiger partial charge in [0.1, 0.15) is 17.0 Å². The van der Waals surface area contributed by atoms with Gasteiger partial charge in [0.25, 0.3) is 0 Å². The second-order valence-corrected chi connectivity index (χ2v) is 6.76. The number of hydrogen-bond donors (Lipinski definition) is 1. The van der Waals surface area contributed by atoms with E-state index in [0.717, 1.165) is 34.4 Å². The van der Waals surface area contributed by atoms with Gasteiger partial charge in [-0.1, -0.05) is 30.3 Å². The lowest BCUT2D eigenvalue weighted by atomic mass is 10.0. The molecule has 1 atom stereocenters. The zero-order chi connectivity index (χ0) is 16.4. The molecule has 3 aromatic rings. The predicted octanol–water partition coefficient (Wildman–Crippen LogP) is 3.72. The number of benzene rings is 1. The fourth-order valence-electron chi connectivity index (χ4n) is 2.99. The summed E-state index contributed by atoms with van der Waals surface area (Å²) in [5.41, 5.74) is 2.15. The number of carbonyl (C=O) groups is 1. The molecule has 0 spiro atoms. The lowest BCUT2D eigenvalue weighted by Gasteiger charge is -2.09. The van der Waals surface area contributed by atoms with Crippen LogP contribution in [0.3, 0.4) is 0 Å². The average molecular weight is 339 g/mol. The monoisotopic (exact) mass is 339 g/mol. The van der Waals surface area contributed by atoms with E-state index >= 15 is 0 Å². The van der Waals surface area contributed by atoms with Gasteiger partial charge in [-0.15, -0.1) is 11.3 Å². The lowest BCUT2D eigenvalue weighted by molar-refractivity contribution is -0.117. The molecule has 1 aliphatic rings. The molecule has 1 N–H and O–H groups in total. The van der Waals surface area contributed by atoms with Gasteiger partial charge in [0.15, 0.2) is 0 Å². The molecule has 4 rings (SSSR count). The molecule has 1 fully saturated rings. The summed E-state index contributed by atoms with van der Waals surface area (Å²) >= 11 is 1.56. The molecule has 1 amide bonds. The van der Waals surface area contributed by atoms with Gasteiger partial charge < -0.3 is 10.1 Å². The van der Waals surface area contributed by atoms with E-state index in [-0.39, 0.29) is 5.91 Å². The van der Waals surface area contributed by atoms with E-state index in [1.807, 2.05) is 18.2 Å². The van der Waals surface area contributed by atoms with Crippen molar-refractivity contribution in [1.29, 1.82) is 0 Å². The second kappa shape index (κ2) is 6.67. The molecule has 0 aliphatic carbocycles. The Bertz CT molecular complexity index is 857. The third kappa shape index (κ3) is 3.02. The molecular formula is C18H17N3O2S. The quantitative estimate of drug-likeness (QED) is 0.787. The summed E-state index contributed by atoms with van der Waals surface area (Å²) in [6.07, 6.45) is 2.92. The highest BCUT2D eigenvalue weighted by molar-refractivity contribution is 7.17. The van der Waals surface area contributed by atoms with Gasteiger partial charge in [-0.05, 0) is 17.9 Å². The fraction of sp³-hybridized carbons (Fsp3) is 0.278. The van der Waals surface area contributed by atoms with E-state index in [1.165, 1.54) is 6.33 Å². The number of carbonyl (C=O) groups excluding carboxylic acids is 1. The number of hydrogen-bond acceptors (Lipinski definition) is 5.